The van der Waals surface area contributed by atoms with Gasteiger partial charge in [0.2, 0.25) is 0 Å². The van der Waals surface area contributed by atoms with E-state index in [1.165, 1.54) is 0 Å². The molecule has 0 N–H and O–H groups in total. The van der Waals surface area contributed by atoms with Gasteiger partial charge in [0.05, 0.1) is 5.56 Å². The predicted octanol–water partition coefficient (Wildman–Crippen LogP) is 4.21. The summed E-state index contributed by atoms with van der Waals surface area (Å²) in [5, 5.41) is 0. The maximum atomic E-state index is 13.0. The third kappa shape index (κ3) is 3.01. The van der Waals surface area contributed by atoms with Gasteiger partial charge in [-0.3, -0.25) is 4.79 Å². The molecule has 20 heavy (non-hydrogen) atoms. The molecular formula is C14H7F5O. The molecule has 0 aliphatic carbocycles. The van der Waals surface area contributed by atoms with Crippen LogP contribution in [-0.2, 0) is 6.18 Å². The van der Waals surface area contributed by atoms with E-state index in [0.717, 1.165) is 36.4 Å². The van der Waals surface area contributed by atoms with Crippen LogP contribution in [0.1, 0.15) is 21.5 Å². The molecule has 0 unspecified atom stereocenters. The van der Waals surface area contributed by atoms with Crippen LogP contribution in [-0.4, -0.2) is 5.78 Å². The summed E-state index contributed by atoms with van der Waals surface area (Å²) in [7, 11) is 0. The zero-order chi connectivity index (χ0) is 14.9. The van der Waals surface area contributed by atoms with Crippen molar-refractivity contribution in [2.75, 3.05) is 0 Å². The number of ketones is 1. The van der Waals surface area contributed by atoms with Gasteiger partial charge in [0.15, 0.2) is 5.78 Å². The van der Waals surface area contributed by atoms with E-state index in [-0.39, 0.29) is 11.1 Å². The molecule has 0 amide bonds. The van der Waals surface area contributed by atoms with E-state index in [2.05, 4.69) is 0 Å². The van der Waals surface area contributed by atoms with Crippen molar-refractivity contribution in [2.45, 2.75) is 6.18 Å². The molecular weight excluding hydrogens is 279 g/mol. The number of benzene rings is 2. The summed E-state index contributed by atoms with van der Waals surface area (Å²) in [4.78, 5) is 11.9. The largest absolute Gasteiger partial charge is 0.416 e. The van der Waals surface area contributed by atoms with Crippen LogP contribution >= 0.6 is 0 Å². The van der Waals surface area contributed by atoms with Gasteiger partial charge in [0.1, 0.15) is 11.6 Å². The van der Waals surface area contributed by atoms with Gasteiger partial charge in [-0.2, -0.15) is 13.2 Å². The molecule has 0 saturated carbocycles. The molecule has 0 saturated heterocycles. The highest BCUT2D eigenvalue weighted by Gasteiger charge is 2.30. The molecule has 0 bridgehead atoms. The first kappa shape index (κ1) is 14.2. The lowest BCUT2D eigenvalue weighted by Gasteiger charge is -2.07. The summed E-state index contributed by atoms with van der Waals surface area (Å²) >= 11 is 0. The van der Waals surface area contributed by atoms with Gasteiger partial charge in [-0.25, -0.2) is 8.78 Å². The third-order valence-electron chi connectivity index (χ3n) is 2.60. The zero-order valence-electron chi connectivity index (χ0n) is 9.84. The van der Waals surface area contributed by atoms with Crippen molar-refractivity contribution in [1.82, 2.24) is 0 Å². The van der Waals surface area contributed by atoms with Crippen LogP contribution in [0, 0.1) is 11.6 Å². The second kappa shape index (κ2) is 5.03. The Balaban J connectivity index is 2.34. The molecule has 2 aromatic carbocycles. The third-order valence-corrected chi connectivity index (χ3v) is 2.60. The Labute approximate surface area is 110 Å². The van der Waals surface area contributed by atoms with E-state index in [9.17, 15) is 26.7 Å². The molecule has 0 fully saturated rings. The smallest absolute Gasteiger partial charge is 0.289 e. The zero-order valence-corrected chi connectivity index (χ0v) is 9.84. The van der Waals surface area contributed by atoms with Crippen LogP contribution < -0.4 is 0 Å². The highest BCUT2D eigenvalue weighted by molar-refractivity contribution is 6.09. The summed E-state index contributed by atoms with van der Waals surface area (Å²) in [6, 6.07) is 5.66. The molecule has 104 valence electrons. The molecule has 1 nitrogen and oxygen atoms in total. The van der Waals surface area contributed by atoms with Gasteiger partial charge in [-0.1, -0.05) is 12.1 Å². The van der Waals surface area contributed by atoms with Crippen LogP contribution in [0.2, 0.25) is 0 Å². The fourth-order valence-electron chi connectivity index (χ4n) is 1.66. The lowest BCUT2D eigenvalue weighted by molar-refractivity contribution is -0.137. The highest BCUT2D eigenvalue weighted by atomic mass is 19.4. The topological polar surface area (TPSA) is 17.1 Å². The molecule has 0 aliphatic heterocycles. The average molecular weight is 286 g/mol. The second-order valence-electron chi connectivity index (χ2n) is 4.06. The van der Waals surface area contributed by atoms with Crippen molar-refractivity contribution in [1.29, 1.82) is 0 Å². The van der Waals surface area contributed by atoms with Crippen molar-refractivity contribution >= 4 is 5.78 Å². The maximum Gasteiger partial charge on any atom is 0.416 e. The first-order chi connectivity index (χ1) is 9.27. The standard InChI is InChI=1S/C14H7F5O/c15-11-5-9(6-12(16)7-11)13(20)8-1-3-10(4-2-8)14(17,18)19/h1-7H. The second-order valence-corrected chi connectivity index (χ2v) is 4.06. The lowest BCUT2D eigenvalue weighted by atomic mass is 10.0. The molecule has 0 spiro atoms. The molecule has 2 aromatic rings. The number of alkyl halides is 3. The monoisotopic (exact) mass is 286 g/mol. The average Bonchev–Trinajstić information content (AvgIpc) is 2.36. The summed E-state index contributed by atoms with van der Waals surface area (Å²) in [5.74, 6) is -2.61. The predicted molar refractivity (Wildman–Crippen MR) is 61.2 cm³/mol. The summed E-state index contributed by atoms with van der Waals surface area (Å²) < 4.78 is 63.1. The van der Waals surface area contributed by atoms with Crippen molar-refractivity contribution in [3.05, 3.63) is 70.8 Å². The Morgan fingerprint density at radius 2 is 1.30 bits per heavy atom. The number of halogens is 5. The summed E-state index contributed by atoms with van der Waals surface area (Å²) in [6.07, 6.45) is -4.51. The Bertz CT molecular complexity index is 623. The van der Waals surface area contributed by atoms with E-state index in [0.29, 0.717) is 6.07 Å². The van der Waals surface area contributed by atoms with Crippen molar-refractivity contribution in [3.8, 4) is 0 Å². The fourth-order valence-corrected chi connectivity index (χ4v) is 1.66. The Kier molecular flexibility index (Phi) is 3.57. The molecule has 0 radical (unpaired) electrons. The van der Waals surface area contributed by atoms with Crippen LogP contribution in [0.25, 0.3) is 0 Å². The van der Waals surface area contributed by atoms with Crippen LogP contribution in [0.4, 0.5) is 22.0 Å². The van der Waals surface area contributed by atoms with Crippen molar-refractivity contribution in [3.63, 3.8) is 0 Å². The van der Waals surface area contributed by atoms with E-state index < -0.39 is 29.2 Å². The fraction of sp³-hybridized carbons (Fsp3) is 0.0714. The van der Waals surface area contributed by atoms with Gasteiger partial charge in [0, 0.05) is 17.2 Å². The van der Waals surface area contributed by atoms with Crippen molar-refractivity contribution in [2.24, 2.45) is 0 Å². The minimum absolute atomic E-state index is 0.0806. The molecule has 2 rings (SSSR count). The number of hydrogen-bond acceptors (Lipinski definition) is 1. The Morgan fingerprint density at radius 1 is 0.800 bits per heavy atom. The number of carbonyl (C=O) groups excluding carboxylic acids is 1. The van der Waals surface area contributed by atoms with Gasteiger partial charge in [-0.05, 0) is 24.3 Å². The van der Waals surface area contributed by atoms with Gasteiger partial charge < -0.3 is 0 Å². The lowest BCUT2D eigenvalue weighted by Crippen LogP contribution is -2.07. The maximum absolute atomic E-state index is 13.0. The first-order valence-electron chi connectivity index (χ1n) is 5.45. The SMILES string of the molecule is O=C(c1ccc(C(F)(F)F)cc1)c1cc(F)cc(F)c1. The number of carbonyl (C=O) groups is 1. The minimum atomic E-state index is -4.51. The van der Waals surface area contributed by atoms with Crippen LogP contribution in [0.5, 0.6) is 0 Å². The van der Waals surface area contributed by atoms with Gasteiger partial charge in [0.25, 0.3) is 0 Å². The minimum Gasteiger partial charge on any atom is -0.289 e. The first-order valence-corrected chi connectivity index (χ1v) is 5.45. The highest BCUT2D eigenvalue weighted by Crippen LogP contribution is 2.29. The van der Waals surface area contributed by atoms with E-state index in [4.69, 9.17) is 0 Å². The van der Waals surface area contributed by atoms with Crippen LogP contribution in [0.3, 0.4) is 0 Å². The molecule has 0 aliphatic rings. The van der Waals surface area contributed by atoms with Crippen molar-refractivity contribution < 1.29 is 26.7 Å². The Morgan fingerprint density at radius 3 is 1.75 bits per heavy atom. The van der Waals surface area contributed by atoms with E-state index >= 15 is 0 Å². The van der Waals surface area contributed by atoms with Gasteiger partial charge >= 0.3 is 6.18 Å². The van der Waals surface area contributed by atoms with Gasteiger partial charge in [-0.15, -0.1) is 0 Å². The molecule has 0 atom stereocenters. The molecule has 0 aromatic heterocycles. The van der Waals surface area contributed by atoms with E-state index in [1.807, 2.05) is 0 Å². The number of hydrogen-bond donors (Lipinski definition) is 0. The van der Waals surface area contributed by atoms with E-state index in [1.54, 1.807) is 0 Å². The Hall–Kier alpha value is -2.24. The molecule has 6 heteroatoms. The van der Waals surface area contributed by atoms with Crippen LogP contribution in [0.15, 0.2) is 42.5 Å². The number of rotatable bonds is 2. The quantitative estimate of drug-likeness (QED) is 0.597. The molecule has 0 heterocycles. The summed E-state index contributed by atoms with van der Waals surface area (Å²) in [6.45, 7) is 0. The summed E-state index contributed by atoms with van der Waals surface area (Å²) in [5.41, 5.74) is -1.25. The normalized spacial score (nSPS) is 11.4.